The molecule has 0 saturated heterocycles. The molecule has 0 atom stereocenters. The topological polar surface area (TPSA) is 49.4 Å². The predicted molar refractivity (Wildman–Crippen MR) is 74.0 cm³/mol. The van der Waals surface area contributed by atoms with E-state index in [2.05, 4.69) is 5.32 Å². The molecule has 1 saturated carbocycles. The first-order chi connectivity index (χ1) is 9.72. The van der Waals surface area contributed by atoms with Crippen molar-refractivity contribution in [1.29, 1.82) is 0 Å². The molecule has 0 amide bonds. The lowest BCUT2D eigenvalue weighted by Crippen LogP contribution is -2.30. The van der Waals surface area contributed by atoms with Crippen LogP contribution in [0.5, 0.6) is 0 Å². The van der Waals surface area contributed by atoms with E-state index in [9.17, 15) is 21.6 Å². The van der Waals surface area contributed by atoms with Gasteiger partial charge in [-0.1, -0.05) is 0 Å². The molecular formula is C13H17F3N2O2S. The lowest BCUT2D eigenvalue weighted by molar-refractivity contribution is -0.0436. The number of nitrogens with zero attached hydrogens (tertiary/aromatic N) is 1. The van der Waals surface area contributed by atoms with Crippen LogP contribution in [0.3, 0.4) is 0 Å². The molecule has 0 spiro atoms. The number of nitrogens with one attached hydrogen (secondary N) is 1. The van der Waals surface area contributed by atoms with Crippen LogP contribution < -0.4 is 10.2 Å². The van der Waals surface area contributed by atoms with Crippen LogP contribution in [-0.4, -0.2) is 40.1 Å². The zero-order valence-corrected chi connectivity index (χ0v) is 12.3. The van der Waals surface area contributed by atoms with E-state index in [0.717, 1.165) is 18.7 Å². The first kappa shape index (κ1) is 16.1. The SMILES string of the molecule is CN(CCNC1CC1)c1ccc(S(=O)(=O)C(F)(F)F)cc1. The molecule has 1 aliphatic rings. The zero-order chi connectivity index (χ0) is 15.7. The molecule has 1 aromatic rings. The maximum absolute atomic E-state index is 12.4. The quantitative estimate of drug-likeness (QED) is 0.872. The molecule has 0 bridgehead atoms. The highest BCUT2D eigenvalue weighted by Crippen LogP contribution is 2.31. The first-order valence-corrected chi connectivity index (χ1v) is 8.06. The summed E-state index contributed by atoms with van der Waals surface area (Å²) in [7, 11) is -3.46. The summed E-state index contributed by atoms with van der Waals surface area (Å²) in [5.41, 5.74) is -4.59. The third-order valence-corrected chi connectivity index (χ3v) is 4.85. The summed E-state index contributed by atoms with van der Waals surface area (Å²) in [5.74, 6) is 0. The van der Waals surface area contributed by atoms with Crippen LogP contribution >= 0.6 is 0 Å². The van der Waals surface area contributed by atoms with Crippen LogP contribution in [0, 0.1) is 0 Å². The molecule has 0 aromatic heterocycles. The standard InChI is InChI=1S/C13H17F3N2O2S/c1-18(9-8-17-10-2-3-10)11-4-6-12(7-5-11)21(19,20)13(14,15)16/h4-7,10,17H,2-3,8-9H2,1H3. The number of rotatable bonds is 6. The maximum Gasteiger partial charge on any atom is 0.501 e. The van der Waals surface area contributed by atoms with E-state index in [0.29, 0.717) is 18.3 Å². The highest BCUT2D eigenvalue weighted by atomic mass is 32.2. The Kier molecular flexibility index (Phi) is 4.48. The number of anilines is 1. The van der Waals surface area contributed by atoms with Gasteiger partial charge in [0, 0.05) is 31.9 Å². The largest absolute Gasteiger partial charge is 0.501 e. The Morgan fingerprint density at radius 3 is 2.29 bits per heavy atom. The van der Waals surface area contributed by atoms with E-state index in [1.807, 2.05) is 11.9 Å². The van der Waals surface area contributed by atoms with E-state index in [-0.39, 0.29) is 0 Å². The number of hydrogen-bond acceptors (Lipinski definition) is 4. The van der Waals surface area contributed by atoms with Gasteiger partial charge in [-0.25, -0.2) is 8.42 Å². The minimum absolute atomic E-state index is 0.595. The minimum Gasteiger partial charge on any atom is -0.373 e. The Bertz CT molecular complexity index is 580. The van der Waals surface area contributed by atoms with Gasteiger partial charge in [0.1, 0.15) is 0 Å². The third-order valence-electron chi connectivity index (χ3n) is 3.35. The molecule has 1 N–H and O–H groups in total. The molecule has 4 nitrogen and oxygen atoms in total. The second-order valence-electron chi connectivity index (χ2n) is 5.09. The molecular weight excluding hydrogens is 305 g/mol. The number of likely N-dealkylation sites (N-methyl/N-ethyl adjacent to an activating group) is 1. The van der Waals surface area contributed by atoms with Crippen LogP contribution in [0.15, 0.2) is 29.2 Å². The summed E-state index contributed by atoms with van der Waals surface area (Å²) in [4.78, 5) is 1.13. The molecule has 118 valence electrons. The smallest absolute Gasteiger partial charge is 0.373 e. The van der Waals surface area contributed by atoms with Crippen molar-refractivity contribution in [2.24, 2.45) is 0 Å². The summed E-state index contributed by atoms with van der Waals surface area (Å²) >= 11 is 0. The number of hydrogen-bond donors (Lipinski definition) is 1. The van der Waals surface area contributed by atoms with Gasteiger partial charge in [0.05, 0.1) is 4.90 Å². The highest BCUT2D eigenvalue weighted by molar-refractivity contribution is 7.92. The number of benzene rings is 1. The minimum atomic E-state index is -5.27. The van der Waals surface area contributed by atoms with Gasteiger partial charge in [-0.15, -0.1) is 0 Å². The number of halogens is 3. The lowest BCUT2D eigenvalue weighted by atomic mass is 10.3. The summed E-state index contributed by atoms with van der Waals surface area (Å²) in [6.45, 7) is 1.48. The summed E-state index contributed by atoms with van der Waals surface area (Å²) in [5, 5.41) is 3.33. The molecule has 1 aliphatic carbocycles. The Morgan fingerprint density at radius 2 is 1.81 bits per heavy atom. The Balaban J connectivity index is 2.00. The van der Waals surface area contributed by atoms with Gasteiger partial charge in [0.15, 0.2) is 0 Å². The molecule has 8 heteroatoms. The van der Waals surface area contributed by atoms with E-state index in [1.54, 1.807) is 0 Å². The molecule has 0 heterocycles. The van der Waals surface area contributed by atoms with Crippen molar-refractivity contribution < 1.29 is 21.6 Å². The fraction of sp³-hybridized carbons (Fsp3) is 0.538. The molecule has 21 heavy (non-hydrogen) atoms. The van der Waals surface area contributed by atoms with Crippen LogP contribution in [0.1, 0.15) is 12.8 Å². The van der Waals surface area contributed by atoms with Gasteiger partial charge in [0.25, 0.3) is 9.84 Å². The molecule has 0 aliphatic heterocycles. The van der Waals surface area contributed by atoms with Gasteiger partial charge in [-0.05, 0) is 37.1 Å². The number of sulfone groups is 1. The average molecular weight is 322 g/mol. The lowest BCUT2D eigenvalue weighted by Gasteiger charge is -2.20. The van der Waals surface area contributed by atoms with Crippen LogP contribution in [0.2, 0.25) is 0 Å². The fourth-order valence-electron chi connectivity index (χ4n) is 1.87. The van der Waals surface area contributed by atoms with Crippen molar-refractivity contribution in [2.45, 2.75) is 29.3 Å². The second kappa shape index (κ2) is 5.84. The van der Waals surface area contributed by atoms with Crippen LogP contribution in [0.4, 0.5) is 18.9 Å². The first-order valence-electron chi connectivity index (χ1n) is 6.58. The monoisotopic (exact) mass is 322 g/mol. The molecule has 1 aromatic carbocycles. The van der Waals surface area contributed by atoms with E-state index in [1.165, 1.54) is 25.0 Å². The normalized spacial score (nSPS) is 16.0. The van der Waals surface area contributed by atoms with Gasteiger partial charge in [-0.3, -0.25) is 0 Å². The molecule has 0 unspecified atom stereocenters. The van der Waals surface area contributed by atoms with Gasteiger partial charge in [0.2, 0.25) is 0 Å². The molecule has 2 rings (SSSR count). The highest BCUT2D eigenvalue weighted by Gasteiger charge is 2.46. The maximum atomic E-state index is 12.4. The van der Waals surface area contributed by atoms with Crippen molar-refractivity contribution in [3.63, 3.8) is 0 Å². The zero-order valence-electron chi connectivity index (χ0n) is 11.5. The van der Waals surface area contributed by atoms with Crippen molar-refractivity contribution in [3.05, 3.63) is 24.3 Å². The summed E-state index contributed by atoms with van der Waals surface area (Å²) < 4.78 is 59.7. The summed E-state index contributed by atoms with van der Waals surface area (Å²) in [6, 6.07) is 5.34. The predicted octanol–water partition coefficient (Wildman–Crippen LogP) is 2.17. The Labute approximate surface area is 121 Å². The van der Waals surface area contributed by atoms with Gasteiger partial charge < -0.3 is 10.2 Å². The van der Waals surface area contributed by atoms with Crippen molar-refractivity contribution >= 4 is 15.5 Å². The van der Waals surface area contributed by atoms with Crippen LogP contribution in [0.25, 0.3) is 0 Å². The van der Waals surface area contributed by atoms with Crippen molar-refractivity contribution in [2.75, 3.05) is 25.0 Å². The van der Waals surface area contributed by atoms with Crippen molar-refractivity contribution in [3.8, 4) is 0 Å². The van der Waals surface area contributed by atoms with E-state index >= 15 is 0 Å². The second-order valence-corrected chi connectivity index (χ2v) is 7.03. The molecule has 1 fully saturated rings. The third kappa shape index (κ3) is 3.88. The Hall–Kier alpha value is -1.28. The van der Waals surface area contributed by atoms with Gasteiger partial charge >= 0.3 is 5.51 Å². The average Bonchev–Trinajstić information content (AvgIpc) is 3.21. The van der Waals surface area contributed by atoms with Gasteiger partial charge in [-0.2, -0.15) is 13.2 Å². The molecule has 0 radical (unpaired) electrons. The van der Waals surface area contributed by atoms with E-state index in [4.69, 9.17) is 0 Å². The van der Waals surface area contributed by atoms with E-state index < -0.39 is 20.2 Å². The Morgan fingerprint density at radius 1 is 1.24 bits per heavy atom. The fourth-order valence-corrected chi connectivity index (χ4v) is 2.63. The summed E-state index contributed by atoms with van der Waals surface area (Å²) in [6.07, 6.45) is 2.38. The van der Waals surface area contributed by atoms with Crippen LogP contribution in [-0.2, 0) is 9.84 Å². The number of alkyl halides is 3. The van der Waals surface area contributed by atoms with Crippen molar-refractivity contribution in [1.82, 2.24) is 5.32 Å².